The number of likely N-dealkylation sites (tertiary alicyclic amines) is 1. The summed E-state index contributed by atoms with van der Waals surface area (Å²) in [5.41, 5.74) is 2.54. The van der Waals surface area contributed by atoms with Crippen LogP contribution in [0.25, 0.3) is 22.3 Å². The summed E-state index contributed by atoms with van der Waals surface area (Å²) in [6, 6.07) is 4.05. The average molecular weight is 358 g/mol. The number of pyridine rings is 1. The first kappa shape index (κ1) is 14.7. The fraction of sp³-hybridized carbons (Fsp3) is 0.316. The van der Waals surface area contributed by atoms with E-state index in [2.05, 4.69) is 21.1 Å². The third-order valence-corrected chi connectivity index (χ3v) is 5.94. The molecule has 8 heteroatoms. The molecular formula is C19H14N6O2. The van der Waals surface area contributed by atoms with E-state index in [0.717, 1.165) is 10.9 Å². The first-order chi connectivity index (χ1) is 13.1. The molecule has 3 aromatic rings. The lowest BCUT2D eigenvalue weighted by Crippen LogP contribution is -2.54. The Bertz CT molecular complexity index is 1200. The Kier molecular flexibility index (Phi) is 2.51. The van der Waals surface area contributed by atoms with Gasteiger partial charge < -0.3 is 9.88 Å². The number of H-pyrrole nitrogens is 1. The van der Waals surface area contributed by atoms with Crippen molar-refractivity contribution in [1.82, 2.24) is 24.6 Å². The van der Waals surface area contributed by atoms with Crippen LogP contribution < -0.4 is 0 Å². The van der Waals surface area contributed by atoms with Gasteiger partial charge in [-0.2, -0.15) is 10.4 Å². The normalized spacial score (nSPS) is 19.5. The average Bonchev–Trinajstić information content (AvgIpc) is 3.13. The molecule has 2 aliphatic carbocycles. The van der Waals surface area contributed by atoms with Gasteiger partial charge in [0.05, 0.1) is 23.1 Å². The zero-order valence-corrected chi connectivity index (χ0v) is 14.3. The van der Waals surface area contributed by atoms with E-state index in [-0.39, 0.29) is 17.6 Å². The van der Waals surface area contributed by atoms with E-state index in [0.29, 0.717) is 48.4 Å². The van der Waals surface area contributed by atoms with Crippen molar-refractivity contribution in [3.63, 3.8) is 0 Å². The fourth-order valence-electron chi connectivity index (χ4n) is 4.22. The van der Waals surface area contributed by atoms with Crippen molar-refractivity contribution in [3.8, 4) is 17.3 Å². The Morgan fingerprint density at radius 3 is 2.85 bits per heavy atom. The number of amides is 1. The number of nitriles is 1. The minimum atomic E-state index is -0.708. The lowest BCUT2D eigenvalue weighted by atomic mass is 9.92. The van der Waals surface area contributed by atoms with Crippen molar-refractivity contribution < 1.29 is 9.59 Å². The summed E-state index contributed by atoms with van der Waals surface area (Å²) in [7, 11) is 0. The Morgan fingerprint density at radius 1 is 1.30 bits per heavy atom. The summed E-state index contributed by atoms with van der Waals surface area (Å²) in [4.78, 5) is 34.9. The summed E-state index contributed by atoms with van der Waals surface area (Å²) < 4.78 is 1.68. The quantitative estimate of drug-likeness (QED) is 0.583. The van der Waals surface area contributed by atoms with E-state index in [9.17, 15) is 9.59 Å². The number of aromatic nitrogens is 4. The maximum absolute atomic E-state index is 13.0. The highest BCUT2D eigenvalue weighted by Crippen LogP contribution is 2.47. The molecule has 0 atom stereocenters. The van der Waals surface area contributed by atoms with Gasteiger partial charge in [0.25, 0.3) is 5.91 Å². The molecule has 4 heterocycles. The second-order valence-corrected chi connectivity index (χ2v) is 7.52. The molecule has 1 saturated carbocycles. The minimum Gasteiger partial charge on any atom is -0.345 e. The molecule has 0 spiro atoms. The van der Waals surface area contributed by atoms with Gasteiger partial charge in [0.1, 0.15) is 16.9 Å². The van der Waals surface area contributed by atoms with Crippen molar-refractivity contribution >= 4 is 22.7 Å². The predicted molar refractivity (Wildman–Crippen MR) is 93.6 cm³/mol. The van der Waals surface area contributed by atoms with Crippen LogP contribution >= 0.6 is 0 Å². The van der Waals surface area contributed by atoms with Gasteiger partial charge in [-0.3, -0.25) is 14.3 Å². The summed E-state index contributed by atoms with van der Waals surface area (Å²) in [6.07, 6.45) is 6.49. The Hall–Kier alpha value is -3.47. The molecule has 0 radical (unpaired) electrons. The van der Waals surface area contributed by atoms with Crippen LogP contribution in [-0.2, 0) is 10.3 Å². The van der Waals surface area contributed by atoms with Crippen molar-refractivity contribution in [1.29, 1.82) is 5.26 Å². The van der Waals surface area contributed by atoms with E-state index >= 15 is 0 Å². The molecule has 0 bridgehead atoms. The number of aromatic amines is 1. The van der Waals surface area contributed by atoms with Gasteiger partial charge in [-0.1, -0.05) is 0 Å². The van der Waals surface area contributed by atoms with E-state index < -0.39 is 5.54 Å². The van der Waals surface area contributed by atoms with Gasteiger partial charge in [-0.05, 0) is 18.9 Å². The van der Waals surface area contributed by atoms with E-state index in [1.807, 2.05) is 6.07 Å². The standard InChI is InChI=1S/C19H14N6O2/c20-5-10-7-24(8-10)18(27)19(2-3-19)25-9-13-15(23-25)11-1-4-21-17-14(11)12(6-22-17)16(13)26/h1,4,6,9-10H,2-3,7-8H2,(H,21,22). The lowest BCUT2D eigenvalue weighted by Gasteiger charge is -2.37. The van der Waals surface area contributed by atoms with E-state index in [1.54, 1.807) is 28.2 Å². The van der Waals surface area contributed by atoms with Gasteiger partial charge >= 0.3 is 0 Å². The smallest absolute Gasteiger partial charge is 0.250 e. The number of nitrogens with one attached hydrogen (secondary N) is 1. The summed E-state index contributed by atoms with van der Waals surface area (Å²) >= 11 is 0. The highest BCUT2D eigenvalue weighted by molar-refractivity contribution is 6.24. The molecule has 8 nitrogen and oxygen atoms in total. The van der Waals surface area contributed by atoms with Crippen LogP contribution in [0.1, 0.15) is 28.8 Å². The zero-order chi connectivity index (χ0) is 18.3. The third kappa shape index (κ3) is 1.71. The number of nitrogens with zero attached hydrogens (tertiary/aromatic N) is 5. The van der Waals surface area contributed by atoms with Crippen LogP contribution in [0.2, 0.25) is 0 Å². The maximum atomic E-state index is 13.0. The molecule has 1 N–H and O–H groups in total. The number of ketones is 1. The van der Waals surface area contributed by atoms with Crippen LogP contribution in [0.15, 0.2) is 24.7 Å². The van der Waals surface area contributed by atoms with Crippen LogP contribution in [0.3, 0.4) is 0 Å². The molecule has 1 amide bonds. The lowest BCUT2D eigenvalue weighted by molar-refractivity contribution is -0.141. The first-order valence-electron chi connectivity index (χ1n) is 8.93. The van der Waals surface area contributed by atoms with Crippen molar-refractivity contribution in [3.05, 3.63) is 35.8 Å². The molecule has 2 fully saturated rings. The third-order valence-electron chi connectivity index (χ3n) is 5.94. The molecule has 3 aromatic heterocycles. The zero-order valence-electron chi connectivity index (χ0n) is 14.3. The second-order valence-electron chi connectivity index (χ2n) is 7.52. The van der Waals surface area contributed by atoms with Crippen LogP contribution in [-0.4, -0.2) is 49.4 Å². The highest BCUT2D eigenvalue weighted by atomic mass is 16.2. The van der Waals surface area contributed by atoms with Gasteiger partial charge in [0.15, 0.2) is 5.78 Å². The molecular weight excluding hydrogens is 344 g/mol. The van der Waals surface area contributed by atoms with E-state index in [1.165, 1.54) is 0 Å². The Balaban J connectivity index is 1.44. The topological polar surface area (TPSA) is 108 Å². The monoisotopic (exact) mass is 358 g/mol. The summed E-state index contributed by atoms with van der Waals surface area (Å²) in [6.45, 7) is 0.959. The van der Waals surface area contributed by atoms with Crippen LogP contribution in [0, 0.1) is 17.2 Å². The molecule has 1 saturated heterocycles. The minimum absolute atomic E-state index is 0.00135. The molecule has 6 rings (SSSR count). The molecule has 132 valence electrons. The van der Waals surface area contributed by atoms with Crippen molar-refractivity contribution in [2.24, 2.45) is 5.92 Å². The fourth-order valence-corrected chi connectivity index (χ4v) is 4.22. The van der Waals surface area contributed by atoms with Gasteiger partial charge in [0.2, 0.25) is 0 Å². The maximum Gasteiger partial charge on any atom is 0.250 e. The van der Waals surface area contributed by atoms with Gasteiger partial charge in [0, 0.05) is 42.6 Å². The highest BCUT2D eigenvalue weighted by Gasteiger charge is 2.56. The van der Waals surface area contributed by atoms with Gasteiger partial charge in [-0.25, -0.2) is 4.98 Å². The van der Waals surface area contributed by atoms with Crippen LogP contribution in [0.4, 0.5) is 0 Å². The first-order valence-corrected chi connectivity index (χ1v) is 8.93. The van der Waals surface area contributed by atoms with Gasteiger partial charge in [-0.15, -0.1) is 0 Å². The number of fused-ring (bicyclic) bond motifs is 2. The largest absolute Gasteiger partial charge is 0.345 e. The predicted octanol–water partition coefficient (Wildman–Crippen LogP) is 1.44. The number of carbonyl (C=O) groups is 2. The van der Waals surface area contributed by atoms with Crippen LogP contribution in [0.5, 0.6) is 0 Å². The number of hydrogen-bond donors (Lipinski definition) is 1. The molecule has 0 aromatic carbocycles. The molecule has 1 aliphatic heterocycles. The van der Waals surface area contributed by atoms with E-state index in [4.69, 9.17) is 5.26 Å². The number of hydrogen-bond acceptors (Lipinski definition) is 5. The SMILES string of the molecule is N#CC1CN(C(=O)C2(n3cc4c(n3)-c3ccnc5[nH]cc(c35)C4=O)CC2)C1. The molecule has 27 heavy (non-hydrogen) atoms. The molecule has 0 unspecified atom stereocenters. The Labute approximate surface area is 153 Å². The van der Waals surface area contributed by atoms with Crippen molar-refractivity contribution in [2.45, 2.75) is 18.4 Å². The Morgan fingerprint density at radius 2 is 2.11 bits per heavy atom. The summed E-state index contributed by atoms with van der Waals surface area (Å²) in [5, 5.41) is 14.4. The van der Waals surface area contributed by atoms with Crippen molar-refractivity contribution in [2.75, 3.05) is 13.1 Å². The number of carbonyl (C=O) groups excluding carboxylic acids is 2. The number of rotatable bonds is 2. The molecule has 3 aliphatic rings. The summed E-state index contributed by atoms with van der Waals surface area (Å²) in [5.74, 6) is -0.172. The second kappa shape index (κ2) is 4.62.